The molecule has 2 fully saturated rings. The molecule has 98 valence electrons. The van der Waals surface area contributed by atoms with Gasteiger partial charge in [-0.15, -0.1) is 5.10 Å². The van der Waals surface area contributed by atoms with Crippen LogP contribution in [0, 0.1) is 11.8 Å². The summed E-state index contributed by atoms with van der Waals surface area (Å²) in [6.45, 7) is 1.86. The first-order valence-electron chi connectivity index (χ1n) is 6.64. The van der Waals surface area contributed by atoms with Crippen molar-refractivity contribution in [2.24, 2.45) is 11.8 Å². The Bertz CT molecular complexity index is 459. The Morgan fingerprint density at radius 2 is 2.33 bits per heavy atom. The third-order valence-electron chi connectivity index (χ3n) is 4.48. The van der Waals surface area contributed by atoms with Crippen molar-refractivity contribution in [3.63, 3.8) is 0 Å². The smallest absolute Gasteiger partial charge is 0.305 e. The van der Waals surface area contributed by atoms with E-state index in [0.29, 0.717) is 11.8 Å². The van der Waals surface area contributed by atoms with Crippen LogP contribution in [0.15, 0.2) is 0 Å². The molecular formula is C12H18N4O2. The van der Waals surface area contributed by atoms with Crippen LogP contribution >= 0.6 is 0 Å². The summed E-state index contributed by atoms with van der Waals surface area (Å²) in [4.78, 5) is 10.8. The minimum absolute atomic E-state index is 0.0683. The lowest BCUT2D eigenvalue weighted by atomic mass is 9.88. The molecule has 1 N–H and O–H groups in total. The zero-order valence-corrected chi connectivity index (χ0v) is 10.5. The number of aliphatic carboxylic acids is 1. The Kier molecular flexibility index (Phi) is 2.80. The number of hydrogen-bond acceptors (Lipinski definition) is 4. The number of aromatic nitrogens is 4. The van der Waals surface area contributed by atoms with Crippen LogP contribution < -0.4 is 0 Å². The second-order valence-corrected chi connectivity index (χ2v) is 5.71. The summed E-state index contributed by atoms with van der Waals surface area (Å²) >= 11 is 0. The summed E-state index contributed by atoms with van der Waals surface area (Å²) in [5.41, 5.74) is 0. The van der Waals surface area contributed by atoms with E-state index in [4.69, 9.17) is 5.11 Å². The molecule has 18 heavy (non-hydrogen) atoms. The largest absolute Gasteiger partial charge is 0.481 e. The zero-order valence-electron chi connectivity index (χ0n) is 10.5. The molecule has 0 aliphatic heterocycles. The minimum atomic E-state index is -0.808. The number of rotatable bonds is 4. The van der Waals surface area contributed by atoms with Crippen LogP contribution in [0.25, 0.3) is 0 Å². The summed E-state index contributed by atoms with van der Waals surface area (Å²) in [6.07, 6.45) is 5.15. The highest BCUT2D eigenvalue weighted by atomic mass is 16.4. The van der Waals surface area contributed by atoms with Gasteiger partial charge in [0.2, 0.25) is 0 Å². The summed E-state index contributed by atoms with van der Waals surface area (Å²) in [6, 6.07) is -0.174. The van der Waals surface area contributed by atoms with Crippen molar-refractivity contribution in [1.29, 1.82) is 0 Å². The molecular weight excluding hydrogens is 232 g/mol. The minimum Gasteiger partial charge on any atom is -0.481 e. The molecule has 0 amide bonds. The maximum absolute atomic E-state index is 10.8. The van der Waals surface area contributed by atoms with Crippen LogP contribution in [0.5, 0.6) is 0 Å². The number of nitrogens with zero attached hydrogens (tertiary/aromatic N) is 4. The van der Waals surface area contributed by atoms with Crippen LogP contribution in [0.3, 0.4) is 0 Å². The van der Waals surface area contributed by atoms with Gasteiger partial charge in [0, 0.05) is 5.92 Å². The summed E-state index contributed by atoms with van der Waals surface area (Å²) in [5, 5.41) is 20.8. The van der Waals surface area contributed by atoms with Crippen molar-refractivity contribution < 1.29 is 9.90 Å². The van der Waals surface area contributed by atoms with Gasteiger partial charge in [-0.2, -0.15) is 0 Å². The third kappa shape index (κ3) is 1.89. The Labute approximate surface area is 105 Å². The van der Waals surface area contributed by atoms with Gasteiger partial charge in [0.05, 0.1) is 12.5 Å². The van der Waals surface area contributed by atoms with Crippen molar-refractivity contribution >= 4 is 5.97 Å². The number of carboxylic acid groups (broad SMARTS) is 1. The molecule has 2 saturated carbocycles. The van der Waals surface area contributed by atoms with Crippen molar-refractivity contribution in [3.05, 3.63) is 5.82 Å². The first kappa shape index (κ1) is 11.6. The second kappa shape index (κ2) is 4.33. The van der Waals surface area contributed by atoms with Crippen molar-refractivity contribution in [2.75, 3.05) is 0 Å². The molecule has 6 nitrogen and oxygen atoms in total. The van der Waals surface area contributed by atoms with Gasteiger partial charge in [-0.05, 0) is 48.4 Å². The molecule has 2 aliphatic carbocycles. The van der Waals surface area contributed by atoms with E-state index in [2.05, 4.69) is 15.5 Å². The summed E-state index contributed by atoms with van der Waals surface area (Å²) in [7, 11) is 0. The highest BCUT2D eigenvalue weighted by molar-refractivity contribution is 5.67. The fourth-order valence-corrected chi connectivity index (χ4v) is 3.66. The molecule has 2 aliphatic rings. The van der Waals surface area contributed by atoms with E-state index in [9.17, 15) is 4.79 Å². The maximum atomic E-state index is 10.8. The van der Waals surface area contributed by atoms with E-state index in [1.165, 1.54) is 25.7 Å². The molecule has 1 aromatic heterocycles. The van der Waals surface area contributed by atoms with Crippen molar-refractivity contribution in [3.8, 4) is 0 Å². The van der Waals surface area contributed by atoms with E-state index in [1.54, 1.807) is 4.68 Å². The van der Waals surface area contributed by atoms with Gasteiger partial charge < -0.3 is 5.11 Å². The standard InChI is InChI=1S/C12H18N4O2/c1-7(4-11(17)18)16-12(13-14-15-16)10-6-8-2-3-9(10)5-8/h7-10H,2-6H2,1H3,(H,17,18). The quantitative estimate of drug-likeness (QED) is 0.878. The van der Waals surface area contributed by atoms with E-state index in [1.807, 2.05) is 6.92 Å². The third-order valence-corrected chi connectivity index (χ3v) is 4.48. The average Bonchev–Trinajstić information content (AvgIpc) is 3.03. The van der Waals surface area contributed by atoms with Gasteiger partial charge in [-0.25, -0.2) is 4.68 Å². The van der Waals surface area contributed by atoms with Gasteiger partial charge in [0.1, 0.15) is 0 Å². The predicted molar refractivity (Wildman–Crippen MR) is 63.0 cm³/mol. The Morgan fingerprint density at radius 1 is 1.50 bits per heavy atom. The number of fused-ring (bicyclic) bond motifs is 2. The molecule has 0 aromatic carbocycles. The van der Waals surface area contributed by atoms with Gasteiger partial charge in [0.15, 0.2) is 5.82 Å². The first-order valence-corrected chi connectivity index (χ1v) is 6.64. The van der Waals surface area contributed by atoms with Crippen molar-refractivity contribution in [1.82, 2.24) is 20.2 Å². The second-order valence-electron chi connectivity index (χ2n) is 5.71. The maximum Gasteiger partial charge on any atom is 0.305 e. The van der Waals surface area contributed by atoms with Gasteiger partial charge in [-0.3, -0.25) is 4.79 Å². The lowest BCUT2D eigenvalue weighted by molar-refractivity contribution is -0.137. The van der Waals surface area contributed by atoms with Crippen LogP contribution in [0.1, 0.15) is 56.8 Å². The molecule has 6 heteroatoms. The van der Waals surface area contributed by atoms with Gasteiger partial charge in [0.25, 0.3) is 0 Å². The Hall–Kier alpha value is -1.46. The Morgan fingerprint density at radius 3 is 2.94 bits per heavy atom. The molecule has 2 bridgehead atoms. The first-order chi connectivity index (χ1) is 8.65. The van der Waals surface area contributed by atoms with E-state index >= 15 is 0 Å². The molecule has 4 unspecified atom stereocenters. The lowest BCUT2D eigenvalue weighted by Crippen LogP contribution is -2.19. The summed E-state index contributed by atoms with van der Waals surface area (Å²) < 4.78 is 1.72. The molecule has 0 radical (unpaired) electrons. The van der Waals surface area contributed by atoms with Gasteiger partial charge in [-0.1, -0.05) is 6.42 Å². The number of hydrogen-bond donors (Lipinski definition) is 1. The highest BCUT2D eigenvalue weighted by Gasteiger charge is 2.43. The van der Waals surface area contributed by atoms with E-state index in [0.717, 1.165) is 11.7 Å². The van der Waals surface area contributed by atoms with Gasteiger partial charge >= 0.3 is 5.97 Å². The highest BCUT2D eigenvalue weighted by Crippen LogP contribution is 2.52. The Balaban J connectivity index is 1.81. The normalized spacial score (nSPS) is 31.7. The van der Waals surface area contributed by atoms with E-state index in [-0.39, 0.29) is 12.5 Å². The molecule has 1 aromatic rings. The number of carbonyl (C=O) groups is 1. The van der Waals surface area contributed by atoms with Crippen LogP contribution in [-0.2, 0) is 4.79 Å². The topological polar surface area (TPSA) is 80.9 Å². The number of tetrazole rings is 1. The van der Waals surface area contributed by atoms with Crippen LogP contribution in [-0.4, -0.2) is 31.3 Å². The molecule has 1 heterocycles. The lowest BCUT2D eigenvalue weighted by Gasteiger charge is -2.22. The molecule has 0 spiro atoms. The van der Waals surface area contributed by atoms with E-state index < -0.39 is 5.97 Å². The monoisotopic (exact) mass is 250 g/mol. The molecule has 0 saturated heterocycles. The fraction of sp³-hybridized carbons (Fsp3) is 0.833. The number of carboxylic acids is 1. The molecule has 3 rings (SSSR count). The van der Waals surface area contributed by atoms with Crippen molar-refractivity contribution in [2.45, 2.75) is 51.0 Å². The summed E-state index contributed by atoms with van der Waals surface area (Å²) in [5.74, 6) is 2.07. The SMILES string of the molecule is CC(CC(=O)O)n1nnnc1C1CC2CCC1C2. The fourth-order valence-electron chi connectivity index (χ4n) is 3.66. The van der Waals surface area contributed by atoms with Crippen LogP contribution in [0.4, 0.5) is 0 Å². The average molecular weight is 250 g/mol. The zero-order chi connectivity index (χ0) is 12.7. The van der Waals surface area contributed by atoms with Crippen LogP contribution in [0.2, 0.25) is 0 Å². The predicted octanol–water partition coefficient (Wildman–Crippen LogP) is 1.61. The molecule has 4 atom stereocenters.